The van der Waals surface area contributed by atoms with Gasteiger partial charge in [-0.2, -0.15) is 0 Å². The second kappa shape index (κ2) is 18.4. The van der Waals surface area contributed by atoms with Crippen LogP contribution < -0.4 is 19.1 Å². The molecular formula is C45H60ClN7O7S. The summed E-state index contributed by atoms with van der Waals surface area (Å²) in [4.78, 5) is 35.4. The molecule has 2 aromatic carbocycles. The molecule has 4 heterocycles. The Morgan fingerprint density at radius 1 is 1.07 bits per heavy atom. The van der Waals surface area contributed by atoms with Gasteiger partial charge in [-0.15, -0.1) is 9.46 Å². The van der Waals surface area contributed by atoms with Crippen LogP contribution >= 0.6 is 11.6 Å². The van der Waals surface area contributed by atoms with Gasteiger partial charge in [-0.05, 0) is 92.4 Å². The number of carbonyl (C=O) groups is 2. The molecule has 3 aromatic rings. The molecule has 2 aliphatic carbocycles. The number of aromatic nitrogens is 2. The first-order valence-corrected chi connectivity index (χ1v) is 23.7. The molecule has 61 heavy (non-hydrogen) atoms. The average Bonchev–Trinajstić information content (AvgIpc) is 3.55. The molecular weight excluding hydrogens is 818 g/mol. The summed E-state index contributed by atoms with van der Waals surface area (Å²) in [6.45, 7) is 8.91. The predicted octanol–water partition coefficient (Wildman–Crippen LogP) is 5.39. The standard InChI is InChI=1S/C45H60ClN7O7S/c1-30-27-61(56,49-43(55)36-26-51(3)47-44(36)58-5)48-42(54)32-9-13-41-38(24-32)53(28-45(29-60-41)16-6-7-31-23-34(46)10-12-37(31)45)25-33-8-11-35(33)40(57-4)15-14-39(30)59-22-21-52-19-17-50(2)18-20-52/h9-10,12-15,23-24,26,30,33,35,39-40H,6-8,11,16-22,25,27-29H2,1-5H3,(H,48,49,54,55,56)/b15-14+/t30-,33+,35-,39+,40+,45+,61+/m1/s1. The van der Waals surface area contributed by atoms with Crippen LogP contribution in [0, 0.1) is 17.8 Å². The third kappa shape index (κ3) is 9.52. The summed E-state index contributed by atoms with van der Waals surface area (Å²) in [5.41, 5.74) is 3.32. The Morgan fingerprint density at radius 3 is 2.62 bits per heavy atom. The second-order valence-electron chi connectivity index (χ2n) is 17.7. The maximum atomic E-state index is 15.2. The Kier molecular flexibility index (Phi) is 13.2. The number of carbonyl (C=O) groups excluding carboxylic acids is 2. The maximum Gasteiger partial charge on any atom is 0.286 e. The SMILES string of the molecule is COc1nn(C)cc1C(=O)N[S@@]1(=O)=NC(=O)c2ccc3c(c2)N(C[C@@H]2CC[C@H]2[C@@H](OC)/C=C/[C@H](OCCN2CCN(C)CC2)[C@H](C)C1)C[C@@]1(CCCc2cc(Cl)ccc21)CO3. The van der Waals surface area contributed by atoms with Crippen molar-refractivity contribution in [2.75, 3.05) is 90.9 Å². The van der Waals surface area contributed by atoms with Crippen LogP contribution in [0.4, 0.5) is 5.69 Å². The van der Waals surface area contributed by atoms with Gasteiger partial charge in [-0.25, -0.2) is 4.21 Å². The third-order valence-corrected chi connectivity index (χ3v) is 15.7. The fourth-order valence-corrected chi connectivity index (χ4v) is 12.0. The molecule has 5 aliphatic rings. The normalized spacial score (nSPS) is 30.2. The quantitative estimate of drug-likeness (QED) is 0.292. The number of likely N-dealkylation sites (N-methyl/N-ethyl adjacent to an activating group) is 1. The minimum absolute atomic E-state index is 0.0656. The molecule has 1 N–H and O–H groups in total. The van der Waals surface area contributed by atoms with Gasteiger partial charge < -0.3 is 28.7 Å². The summed E-state index contributed by atoms with van der Waals surface area (Å²) in [5.74, 6) is -0.713. The Labute approximate surface area is 365 Å². The Balaban J connectivity index is 1.18. The second-order valence-corrected chi connectivity index (χ2v) is 20.1. The zero-order valence-electron chi connectivity index (χ0n) is 36.0. The van der Waals surface area contributed by atoms with Crippen LogP contribution in [0.2, 0.25) is 5.02 Å². The van der Waals surface area contributed by atoms with Crippen LogP contribution in [0.15, 0.2) is 59.1 Å². The van der Waals surface area contributed by atoms with Gasteiger partial charge in [0.15, 0.2) is 0 Å². The highest BCUT2D eigenvalue weighted by atomic mass is 35.5. The van der Waals surface area contributed by atoms with Crippen LogP contribution in [0.1, 0.15) is 64.4 Å². The van der Waals surface area contributed by atoms with Crippen molar-refractivity contribution in [1.82, 2.24) is 24.3 Å². The predicted molar refractivity (Wildman–Crippen MR) is 236 cm³/mol. The van der Waals surface area contributed by atoms with Crippen LogP contribution in [-0.4, -0.2) is 134 Å². The molecule has 1 saturated carbocycles. The fourth-order valence-electron chi connectivity index (χ4n) is 9.91. The monoisotopic (exact) mass is 877 g/mol. The van der Waals surface area contributed by atoms with E-state index in [1.165, 1.54) is 29.1 Å². The number of piperazine rings is 1. The first-order valence-electron chi connectivity index (χ1n) is 21.6. The van der Waals surface area contributed by atoms with Gasteiger partial charge in [0.05, 0.1) is 44.0 Å². The molecule has 330 valence electrons. The molecule has 1 aromatic heterocycles. The first-order chi connectivity index (χ1) is 29.4. The molecule has 0 radical (unpaired) electrons. The molecule has 7 atom stereocenters. The summed E-state index contributed by atoms with van der Waals surface area (Å²) in [6, 6.07) is 11.5. The van der Waals surface area contributed by atoms with Crippen LogP contribution in [-0.2, 0) is 38.3 Å². The molecule has 2 fully saturated rings. The van der Waals surface area contributed by atoms with Gasteiger partial charge >= 0.3 is 0 Å². The van der Waals surface area contributed by atoms with Crippen LogP contribution in [0.3, 0.4) is 0 Å². The number of rotatable bonds is 8. The van der Waals surface area contributed by atoms with Crippen LogP contribution in [0.25, 0.3) is 0 Å². The number of hydrogen-bond acceptors (Lipinski definition) is 11. The molecule has 2 bridgehead atoms. The van der Waals surface area contributed by atoms with Crippen molar-refractivity contribution in [2.45, 2.75) is 56.7 Å². The first kappa shape index (κ1) is 43.7. The van der Waals surface area contributed by atoms with E-state index < -0.39 is 33.8 Å². The van der Waals surface area contributed by atoms with E-state index in [4.69, 9.17) is 30.5 Å². The number of ether oxygens (including phenoxy) is 4. The third-order valence-electron chi connectivity index (χ3n) is 13.5. The van der Waals surface area contributed by atoms with E-state index in [9.17, 15) is 9.59 Å². The minimum atomic E-state index is -3.77. The summed E-state index contributed by atoms with van der Waals surface area (Å²) >= 11 is 6.51. The number of aryl methyl sites for hydroxylation is 2. The van der Waals surface area contributed by atoms with Crippen molar-refractivity contribution in [1.29, 1.82) is 0 Å². The lowest BCUT2D eigenvalue weighted by atomic mass is 9.68. The number of hydrogen-bond donors (Lipinski definition) is 1. The zero-order valence-corrected chi connectivity index (χ0v) is 37.6. The number of amides is 2. The Morgan fingerprint density at radius 2 is 1.87 bits per heavy atom. The maximum absolute atomic E-state index is 15.2. The zero-order chi connectivity index (χ0) is 42.9. The highest BCUT2D eigenvalue weighted by molar-refractivity contribution is 7.92. The van der Waals surface area contributed by atoms with E-state index in [-0.39, 0.29) is 40.2 Å². The lowest BCUT2D eigenvalue weighted by Gasteiger charge is -2.46. The van der Waals surface area contributed by atoms with Crippen molar-refractivity contribution in [3.05, 3.63) is 82.0 Å². The molecule has 0 unspecified atom stereocenters. The summed E-state index contributed by atoms with van der Waals surface area (Å²) in [6.07, 6.45) is 9.88. The van der Waals surface area contributed by atoms with Gasteiger partial charge in [-0.1, -0.05) is 36.7 Å². The molecule has 8 rings (SSSR count). The Hall–Kier alpha value is -3.99. The highest BCUT2D eigenvalue weighted by Gasteiger charge is 2.44. The molecule has 3 aliphatic heterocycles. The molecule has 1 saturated heterocycles. The van der Waals surface area contributed by atoms with Gasteiger partial charge in [0, 0.05) is 88.1 Å². The number of anilines is 1. The van der Waals surface area contributed by atoms with Gasteiger partial charge in [0.1, 0.15) is 21.2 Å². The fraction of sp³-hybridized carbons (Fsp3) is 0.578. The van der Waals surface area contributed by atoms with E-state index in [1.54, 1.807) is 20.2 Å². The molecule has 1 spiro atoms. The Bertz CT molecular complexity index is 2250. The summed E-state index contributed by atoms with van der Waals surface area (Å²) in [7, 11) is 3.19. The smallest absolute Gasteiger partial charge is 0.286 e. The summed E-state index contributed by atoms with van der Waals surface area (Å²) in [5, 5.41) is 4.94. The van der Waals surface area contributed by atoms with Crippen LogP contribution in [0.5, 0.6) is 11.6 Å². The lowest BCUT2D eigenvalue weighted by molar-refractivity contribution is 0.00937. The largest absolute Gasteiger partial charge is 0.490 e. The number of halogens is 1. The van der Waals surface area contributed by atoms with Crippen molar-refractivity contribution in [2.24, 2.45) is 29.2 Å². The van der Waals surface area contributed by atoms with Gasteiger partial charge in [0.2, 0.25) is 5.88 Å². The molecule has 16 heteroatoms. The molecule has 2 amide bonds. The highest BCUT2D eigenvalue weighted by Crippen LogP contribution is 2.47. The number of nitrogens with zero attached hydrogens (tertiary/aromatic N) is 6. The molecule has 14 nitrogen and oxygen atoms in total. The average molecular weight is 879 g/mol. The van der Waals surface area contributed by atoms with Crippen molar-refractivity contribution in [3.8, 4) is 11.6 Å². The topological polar surface area (TPSA) is 140 Å². The lowest BCUT2D eigenvalue weighted by Crippen LogP contribution is -2.49. The van der Waals surface area contributed by atoms with Gasteiger partial charge in [0.25, 0.3) is 11.8 Å². The van der Waals surface area contributed by atoms with Crippen molar-refractivity contribution >= 4 is 39.0 Å². The number of methoxy groups -OCH3 is 2. The number of benzene rings is 2. The van der Waals surface area contributed by atoms with E-state index in [0.29, 0.717) is 31.4 Å². The number of nitrogens with one attached hydrogen (secondary N) is 1. The van der Waals surface area contributed by atoms with E-state index in [0.717, 1.165) is 82.1 Å². The van der Waals surface area contributed by atoms with Crippen molar-refractivity contribution < 1.29 is 32.7 Å². The van der Waals surface area contributed by atoms with Gasteiger partial charge in [-0.3, -0.25) is 23.9 Å². The van der Waals surface area contributed by atoms with E-state index in [2.05, 4.69) is 54.1 Å². The van der Waals surface area contributed by atoms with E-state index in [1.807, 2.05) is 31.2 Å². The van der Waals surface area contributed by atoms with Crippen molar-refractivity contribution in [3.63, 3.8) is 0 Å². The van der Waals surface area contributed by atoms with E-state index >= 15 is 4.21 Å². The minimum Gasteiger partial charge on any atom is -0.490 e. The number of fused-ring (bicyclic) bond motifs is 4. The summed E-state index contributed by atoms with van der Waals surface area (Å²) < 4.78 is 48.6.